The van der Waals surface area contributed by atoms with Crippen molar-refractivity contribution in [1.82, 2.24) is 4.90 Å². The van der Waals surface area contributed by atoms with Gasteiger partial charge in [-0.15, -0.1) is 0 Å². The summed E-state index contributed by atoms with van der Waals surface area (Å²) in [4.78, 5) is 12.9. The van der Waals surface area contributed by atoms with E-state index in [0.717, 1.165) is 13.0 Å². The van der Waals surface area contributed by atoms with E-state index >= 15 is 0 Å². The highest BCUT2D eigenvalue weighted by molar-refractivity contribution is 5.81. The molecule has 0 amide bonds. The first-order chi connectivity index (χ1) is 6.15. The smallest absolute Gasteiger partial charge is 0.331 e. The summed E-state index contributed by atoms with van der Waals surface area (Å²) in [6, 6.07) is 0.447. The summed E-state index contributed by atoms with van der Waals surface area (Å²) < 4.78 is 4.94. The number of carbonyl (C=O) groups is 1. The number of nitrogens with zero attached hydrogens (tertiary/aromatic N) is 1. The van der Waals surface area contributed by atoms with Gasteiger partial charge in [0.05, 0.1) is 0 Å². The van der Waals surface area contributed by atoms with Gasteiger partial charge < -0.3 is 4.74 Å². The fourth-order valence-corrected chi connectivity index (χ4v) is 0.994. The molecule has 0 aliphatic carbocycles. The third-order valence-corrected chi connectivity index (χ3v) is 2.16. The van der Waals surface area contributed by atoms with Crippen molar-refractivity contribution >= 4 is 5.97 Å². The van der Waals surface area contributed by atoms with Gasteiger partial charge in [-0.3, -0.25) is 4.90 Å². The predicted molar refractivity (Wildman–Crippen MR) is 53.3 cm³/mol. The lowest BCUT2D eigenvalue weighted by molar-refractivity contribution is -0.143. The normalized spacial score (nSPS) is 12.6. The molecule has 3 nitrogen and oxygen atoms in total. The van der Waals surface area contributed by atoms with Crippen molar-refractivity contribution in [2.45, 2.75) is 33.2 Å². The fourth-order valence-electron chi connectivity index (χ4n) is 0.994. The van der Waals surface area contributed by atoms with Crippen LogP contribution < -0.4 is 0 Å². The topological polar surface area (TPSA) is 29.5 Å². The van der Waals surface area contributed by atoms with Crippen molar-refractivity contribution in [2.24, 2.45) is 0 Å². The van der Waals surface area contributed by atoms with E-state index in [4.69, 9.17) is 4.74 Å². The second-order valence-corrected chi connectivity index (χ2v) is 2.96. The van der Waals surface area contributed by atoms with Gasteiger partial charge in [0.15, 0.2) is 0 Å². The minimum atomic E-state index is -0.359. The van der Waals surface area contributed by atoms with Crippen molar-refractivity contribution in [2.75, 3.05) is 13.3 Å². The van der Waals surface area contributed by atoms with Gasteiger partial charge in [-0.2, -0.15) is 0 Å². The quantitative estimate of drug-likeness (QED) is 0.359. The zero-order valence-corrected chi connectivity index (χ0v) is 8.75. The molecular weight excluding hydrogens is 166 g/mol. The Kier molecular flexibility index (Phi) is 6.24. The van der Waals surface area contributed by atoms with Gasteiger partial charge in [-0.05, 0) is 19.9 Å². The van der Waals surface area contributed by atoms with Crippen molar-refractivity contribution in [3.05, 3.63) is 12.7 Å². The van der Waals surface area contributed by atoms with Gasteiger partial charge in [0.25, 0.3) is 0 Å². The monoisotopic (exact) mass is 185 g/mol. The molecule has 0 spiro atoms. The summed E-state index contributed by atoms with van der Waals surface area (Å²) in [6.45, 7) is 10.9. The molecular formula is C10H19NO2. The van der Waals surface area contributed by atoms with Crippen LogP contribution in [0.4, 0.5) is 0 Å². The number of hydrogen-bond donors (Lipinski definition) is 0. The Morgan fingerprint density at radius 1 is 1.62 bits per heavy atom. The minimum Gasteiger partial charge on any atom is -0.446 e. The van der Waals surface area contributed by atoms with Crippen LogP contribution >= 0.6 is 0 Å². The molecule has 1 unspecified atom stereocenters. The Bertz CT molecular complexity index is 168. The first kappa shape index (κ1) is 12.2. The van der Waals surface area contributed by atoms with E-state index in [9.17, 15) is 4.79 Å². The van der Waals surface area contributed by atoms with E-state index in [0.29, 0.717) is 12.8 Å². The lowest BCUT2D eigenvalue weighted by Gasteiger charge is -2.25. The number of rotatable bonds is 6. The molecule has 0 fully saturated rings. The van der Waals surface area contributed by atoms with E-state index in [2.05, 4.69) is 25.3 Å². The zero-order valence-electron chi connectivity index (χ0n) is 8.75. The third-order valence-electron chi connectivity index (χ3n) is 2.16. The Morgan fingerprint density at radius 2 is 2.23 bits per heavy atom. The number of hydrogen-bond acceptors (Lipinski definition) is 3. The first-order valence-corrected chi connectivity index (χ1v) is 4.68. The van der Waals surface area contributed by atoms with E-state index < -0.39 is 0 Å². The van der Waals surface area contributed by atoms with Crippen LogP contribution in [-0.2, 0) is 9.53 Å². The van der Waals surface area contributed by atoms with Crippen LogP contribution in [0.5, 0.6) is 0 Å². The van der Waals surface area contributed by atoms with Gasteiger partial charge in [0, 0.05) is 12.1 Å². The van der Waals surface area contributed by atoms with Crippen LogP contribution in [0.2, 0.25) is 0 Å². The molecule has 0 saturated carbocycles. The standard InChI is InChI=1S/C10H19NO2/c1-5-9(4)11(7-3)8-13-10(12)6-2/h6,9H,2,5,7-8H2,1,3-4H3. The molecule has 13 heavy (non-hydrogen) atoms. The van der Waals surface area contributed by atoms with Crippen LogP contribution in [0.3, 0.4) is 0 Å². The van der Waals surface area contributed by atoms with E-state index in [1.165, 1.54) is 6.08 Å². The second kappa shape index (κ2) is 6.66. The molecule has 0 radical (unpaired) electrons. The van der Waals surface area contributed by atoms with Crippen molar-refractivity contribution in [1.29, 1.82) is 0 Å². The van der Waals surface area contributed by atoms with E-state index in [-0.39, 0.29) is 5.97 Å². The van der Waals surface area contributed by atoms with E-state index in [1.807, 2.05) is 6.92 Å². The van der Waals surface area contributed by atoms with Crippen LogP contribution in [0.15, 0.2) is 12.7 Å². The number of carbonyl (C=O) groups excluding carboxylic acids is 1. The van der Waals surface area contributed by atoms with Crippen molar-refractivity contribution < 1.29 is 9.53 Å². The maximum Gasteiger partial charge on any atom is 0.331 e. The molecule has 0 aliphatic heterocycles. The first-order valence-electron chi connectivity index (χ1n) is 4.68. The molecule has 1 atom stereocenters. The highest BCUT2D eigenvalue weighted by Crippen LogP contribution is 2.02. The molecule has 0 aromatic heterocycles. The van der Waals surface area contributed by atoms with Crippen LogP contribution in [0.1, 0.15) is 27.2 Å². The molecule has 0 N–H and O–H groups in total. The fraction of sp³-hybridized carbons (Fsp3) is 0.700. The molecule has 0 aliphatic rings. The molecule has 0 bridgehead atoms. The highest BCUT2D eigenvalue weighted by atomic mass is 16.5. The Morgan fingerprint density at radius 3 is 2.62 bits per heavy atom. The maximum absolute atomic E-state index is 10.8. The molecule has 0 saturated heterocycles. The summed E-state index contributed by atoms with van der Waals surface area (Å²) in [5.41, 5.74) is 0. The predicted octanol–water partition coefficient (Wildman–Crippen LogP) is 1.79. The summed E-state index contributed by atoms with van der Waals surface area (Å²) in [5, 5.41) is 0. The maximum atomic E-state index is 10.8. The van der Waals surface area contributed by atoms with Crippen LogP contribution in [0, 0.1) is 0 Å². The second-order valence-electron chi connectivity index (χ2n) is 2.96. The average molecular weight is 185 g/mol. The Balaban J connectivity index is 3.84. The molecule has 0 heterocycles. The summed E-state index contributed by atoms with van der Waals surface area (Å²) >= 11 is 0. The summed E-state index contributed by atoms with van der Waals surface area (Å²) in [6.07, 6.45) is 2.24. The summed E-state index contributed by atoms with van der Waals surface area (Å²) in [7, 11) is 0. The molecule has 76 valence electrons. The van der Waals surface area contributed by atoms with Crippen LogP contribution in [-0.4, -0.2) is 30.2 Å². The average Bonchev–Trinajstić information content (AvgIpc) is 2.17. The van der Waals surface area contributed by atoms with Crippen LogP contribution in [0.25, 0.3) is 0 Å². The molecule has 0 aromatic carbocycles. The molecule has 0 rings (SSSR count). The lowest BCUT2D eigenvalue weighted by atomic mass is 10.2. The van der Waals surface area contributed by atoms with Crippen molar-refractivity contribution in [3.63, 3.8) is 0 Å². The molecule has 3 heteroatoms. The Hall–Kier alpha value is -0.830. The van der Waals surface area contributed by atoms with Gasteiger partial charge in [0.1, 0.15) is 6.73 Å². The van der Waals surface area contributed by atoms with Gasteiger partial charge in [-0.1, -0.05) is 20.4 Å². The van der Waals surface area contributed by atoms with Gasteiger partial charge in [0.2, 0.25) is 0 Å². The lowest BCUT2D eigenvalue weighted by Crippen LogP contribution is -2.35. The summed E-state index contributed by atoms with van der Waals surface area (Å²) in [5.74, 6) is -0.359. The SMILES string of the molecule is C=CC(=O)OCN(CC)C(C)CC. The van der Waals surface area contributed by atoms with Gasteiger partial charge in [-0.25, -0.2) is 4.79 Å². The molecule has 0 aromatic rings. The largest absolute Gasteiger partial charge is 0.446 e. The van der Waals surface area contributed by atoms with Gasteiger partial charge >= 0.3 is 5.97 Å². The zero-order chi connectivity index (χ0) is 10.3. The van der Waals surface area contributed by atoms with Crippen molar-refractivity contribution in [3.8, 4) is 0 Å². The minimum absolute atomic E-state index is 0.357. The number of esters is 1. The third kappa shape index (κ3) is 4.68. The highest BCUT2D eigenvalue weighted by Gasteiger charge is 2.10. The number of ether oxygens (including phenoxy) is 1. The Labute approximate surface area is 80.4 Å². The van der Waals surface area contributed by atoms with E-state index in [1.54, 1.807) is 0 Å².